The van der Waals surface area contributed by atoms with Gasteiger partial charge in [-0.25, -0.2) is 14.9 Å². The quantitative estimate of drug-likeness (QED) is 0.623. The predicted octanol–water partition coefficient (Wildman–Crippen LogP) is -0.476. The maximum Gasteiger partial charge on any atom is 0.0985 e. The van der Waals surface area contributed by atoms with Crippen LogP contribution >= 0.6 is 0 Å². The highest BCUT2D eigenvalue weighted by Gasteiger charge is 2.17. The maximum atomic E-state index is 10.3. The number of nitroso groups, excluding NO2 is 2. The van der Waals surface area contributed by atoms with Crippen LogP contribution in [0.2, 0.25) is 0 Å². The van der Waals surface area contributed by atoms with Crippen molar-refractivity contribution in [1.29, 1.82) is 0 Å². The lowest BCUT2D eigenvalue weighted by molar-refractivity contribution is -0.00835. The van der Waals surface area contributed by atoms with Crippen LogP contribution in [-0.4, -0.2) is 53.2 Å². The molecule has 1 fully saturated rings. The Hall–Kier alpha value is -1.28. The molecule has 0 spiro atoms. The van der Waals surface area contributed by atoms with Crippen molar-refractivity contribution < 1.29 is 5.11 Å². The van der Waals surface area contributed by atoms with Crippen LogP contribution in [0.1, 0.15) is 6.42 Å². The summed E-state index contributed by atoms with van der Waals surface area (Å²) < 4.78 is 0. The zero-order valence-corrected chi connectivity index (χ0v) is 7.74. The summed E-state index contributed by atoms with van der Waals surface area (Å²) >= 11 is 0. The molecule has 0 aromatic rings. The highest BCUT2D eigenvalue weighted by Crippen LogP contribution is 2.04. The molecule has 0 aliphatic carbocycles. The molecule has 0 unspecified atom stereocenters. The Morgan fingerprint density at radius 3 is 1.93 bits per heavy atom. The van der Waals surface area contributed by atoms with Gasteiger partial charge >= 0.3 is 0 Å². The van der Waals surface area contributed by atoms with E-state index in [2.05, 4.69) is 10.6 Å². The standard InChI is InChI=1S/C6H13N5O3/c12-6-9-4-10(7-13)2-1-3-11(5-9)8-14/h12H,1-6H2. The van der Waals surface area contributed by atoms with Crippen molar-refractivity contribution >= 4 is 0 Å². The third kappa shape index (κ3) is 2.89. The monoisotopic (exact) mass is 203 g/mol. The van der Waals surface area contributed by atoms with E-state index in [9.17, 15) is 9.81 Å². The van der Waals surface area contributed by atoms with Crippen molar-refractivity contribution in [3.05, 3.63) is 9.81 Å². The van der Waals surface area contributed by atoms with Crippen molar-refractivity contribution in [2.24, 2.45) is 10.6 Å². The van der Waals surface area contributed by atoms with Crippen LogP contribution in [0.25, 0.3) is 0 Å². The van der Waals surface area contributed by atoms with Gasteiger partial charge in [0.15, 0.2) is 0 Å². The molecule has 1 aliphatic rings. The number of hydrogen-bond donors (Lipinski definition) is 1. The first-order valence-electron chi connectivity index (χ1n) is 4.29. The van der Waals surface area contributed by atoms with Crippen molar-refractivity contribution in [3.63, 3.8) is 0 Å². The van der Waals surface area contributed by atoms with Gasteiger partial charge < -0.3 is 5.11 Å². The fourth-order valence-corrected chi connectivity index (χ4v) is 1.31. The first kappa shape index (κ1) is 10.8. The van der Waals surface area contributed by atoms with Gasteiger partial charge in [-0.3, -0.25) is 0 Å². The fraction of sp³-hybridized carbons (Fsp3) is 1.00. The summed E-state index contributed by atoms with van der Waals surface area (Å²) in [6, 6.07) is 0. The number of rotatable bonds is 3. The molecule has 8 heteroatoms. The van der Waals surface area contributed by atoms with E-state index >= 15 is 0 Å². The summed E-state index contributed by atoms with van der Waals surface area (Å²) in [5.74, 6) is 0. The topological polar surface area (TPSA) is 88.8 Å². The van der Waals surface area contributed by atoms with Crippen LogP contribution in [0.15, 0.2) is 10.6 Å². The van der Waals surface area contributed by atoms with Gasteiger partial charge in [-0.2, -0.15) is 0 Å². The maximum absolute atomic E-state index is 10.3. The van der Waals surface area contributed by atoms with Crippen molar-refractivity contribution in [1.82, 2.24) is 14.9 Å². The summed E-state index contributed by atoms with van der Waals surface area (Å²) in [7, 11) is 0. The Morgan fingerprint density at radius 1 is 1.07 bits per heavy atom. The molecular weight excluding hydrogens is 190 g/mol. The molecule has 0 aromatic carbocycles. The van der Waals surface area contributed by atoms with Gasteiger partial charge in [0.1, 0.15) is 0 Å². The predicted molar refractivity (Wildman–Crippen MR) is 48.3 cm³/mol. The molecular formula is C6H13N5O3. The first-order valence-corrected chi connectivity index (χ1v) is 4.29. The van der Waals surface area contributed by atoms with Crippen LogP contribution in [0.4, 0.5) is 0 Å². The fourth-order valence-electron chi connectivity index (χ4n) is 1.31. The smallest absolute Gasteiger partial charge is 0.0985 e. The Morgan fingerprint density at radius 2 is 1.57 bits per heavy atom. The molecule has 0 atom stereocenters. The number of hydrogen-bond acceptors (Lipinski definition) is 6. The molecule has 0 aromatic heterocycles. The third-order valence-electron chi connectivity index (χ3n) is 1.99. The molecule has 1 rings (SSSR count). The lowest BCUT2D eigenvalue weighted by atomic mass is 10.4. The van der Waals surface area contributed by atoms with Gasteiger partial charge in [-0.1, -0.05) is 0 Å². The molecule has 1 aliphatic heterocycles. The lowest BCUT2D eigenvalue weighted by Gasteiger charge is -2.30. The first-order chi connectivity index (χ1) is 6.80. The average Bonchev–Trinajstić information content (AvgIpc) is 2.18. The zero-order chi connectivity index (χ0) is 10.4. The SMILES string of the molecule is O=NN1CCCN(N=O)CN(CO)C1. The highest BCUT2D eigenvalue weighted by molar-refractivity contribution is 4.61. The van der Waals surface area contributed by atoms with E-state index < -0.39 is 0 Å². The van der Waals surface area contributed by atoms with Crippen molar-refractivity contribution in [2.75, 3.05) is 33.2 Å². The van der Waals surface area contributed by atoms with E-state index in [1.807, 2.05) is 0 Å². The Bertz CT molecular complexity index is 184. The second-order valence-corrected chi connectivity index (χ2v) is 3.07. The van der Waals surface area contributed by atoms with Gasteiger partial charge in [0.25, 0.3) is 0 Å². The molecule has 1 N–H and O–H groups in total. The zero-order valence-electron chi connectivity index (χ0n) is 7.74. The Balaban J connectivity index is 2.53. The number of aliphatic hydroxyl groups is 1. The average molecular weight is 203 g/mol. The van der Waals surface area contributed by atoms with E-state index in [4.69, 9.17) is 5.11 Å². The normalized spacial score (nSPS) is 20.1. The number of nitrogens with zero attached hydrogens (tertiary/aromatic N) is 5. The van der Waals surface area contributed by atoms with Crippen molar-refractivity contribution in [2.45, 2.75) is 6.42 Å². The molecule has 0 bridgehead atoms. The van der Waals surface area contributed by atoms with Crippen LogP contribution in [0, 0.1) is 9.81 Å². The van der Waals surface area contributed by atoms with Gasteiger partial charge in [-0.15, -0.1) is 9.81 Å². The molecule has 0 saturated carbocycles. The molecule has 0 amide bonds. The van der Waals surface area contributed by atoms with Crippen molar-refractivity contribution in [3.8, 4) is 0 Å². The highest BCUT2D eigenvalue weighted by atomic mass is 16.3. The third-order valence-corrected chi connectivity index (χ3v) is 1.99. The Kier molecular flexibility index (Phi) is 4.20. The summed E-state index contributed by atoms with van der Waals surface area (Å²) in [5.41, 5.74) is 0. The van der Waals surface area contributed by atoms with E-state index in [1.165, 1.54) is 14.9 Å². The van der Waals surface area contributed by atoms with Gasteiger partial charge in [-0.05, 0) is 6.42 Å². The van der Waals surface area contributed by atoms with E-state index in [1.54, 1.807) is 0 Å². The summed E-state index contributed by atoms with van der Waals surface area (Å²) in [5, 5.41) is 17.1. The van der Waals surface area contributed by atoms with Crippen LogP contribution in [0.5, 0.6) is 0 Å². The minimum Gasteiger partial charge on any atom is -0.381 e. The van der Waals surface area contributed by atoms with Gasteiger partial charge in [0.2, 0.25) is 0 Å². The summed E-state index contributed by atoms with van der Waals surface area (Å²) in [6.07, 6.45) is 0.650. The molecule has 80 valence electrons. The van der Waals surface area contributed by atoms with Crippen LogP contribution in [-0.2, 0) is 0 Å². The molecule has 14 heavy (non-hydrogen) atoms. The second-order valence-electron chi connectivity index (χ2n) is 3.07. The Labute approximate surface area is 81.0 Å². The summed E-state index contributed by atoms with van der Waals surface area (Å²) in [4.78, 5) is 22.1. The van der Waals surface area contributed by atoms with Crippen LogP contribution < -0.4 is 0 Å². The van der Waals surface area contributed by atoms with E-state index in [-0.39, 0.29) is 20.1 Å². The van der Waals surface area contributed by atoms with Gasteiger partial charge in [0, 0.05) is 13.1 Å². The molecule has 1 heterocycles. The molecule has 0 radical (unpaired) electrons. The minimum absolute atomic E-state index is 0.214. The molecule has 1 saturated heterocycles. The van der Waals surface area contributed by atoms with E-state index in [0.29, 0.717) is 19.5 Å². The largest absolute Gasteiger partial charge is 0.381 e. The van der Waals surface area contributed by atoms with Crippen LogP contribution in [0.3, 0.4) is 0 Å². The summed E-state index contributed by atoms with van der Waals surface area (Å²) in [6.45, 7) is 1.12. The van der Waals surface area contributed by atoms with E-state index in [0.717, 1.165) is 0 Å². The number of aliphatic hydroxyl groups excluding tert-OH is 1. The minimum atomic E-state index is -0.238. The lowest BCUT2D eigenvalue weighted by Crippen LogP contribution is -2.45. The molecule has 8 nitrogen and oxygen atoms in total. The second kappa shape index (κ2) is 5.45. The van der Waals surface area contributed by atoms with Gasteiger partial charge in [0.05, 0.1) is 30.6 Å².